The number of hydrogen-bond acceptors (Lipinski definition) is 3. The highest BCUT2D eigenvalue weighted by Crippen LogP contribution is 2.07. The van der Waals surface area contributed by atoms with E-state index in [1.807, 2.05) is 0 Å². The number of nitrogens with two attached hydrogens (primary N) is 1. The van der Waals surface area contributed by atoms with Crippen LogP contribution >= 0.6 is 0 Å². The van der Waals surface area contributed by atoms with Crippen molar-refractivity contribution in [2.75, 3.05) is 6.54 Å². The van der Waals surface area contributed by atoms with Crippen LogP contribution < -0.4 is 11.1 Å². The Morgan fingerprint density at radius 3 is 2.75 bits per heavy atom. The Labute approximate surface area is 72.2 Å². The molecule has 1 aliphatic rings. The van der Waals surface area contributed by atoms with Crippen LogP contribution in [0.3, 0.4) is 0 Å². The van der Waals surface area contributed by atoms with E-state index in [0.29, 0.717) is 0 Å². The number of aliphatic imine (C=N–C) groups is 1. The van der Waals surface area contributed by atoms with E-state index in [1.54, 1.807) is 13.8 Å². The number of amidine groups is 1. The summed E-state index contributed by atoms with van der Waals surface area (Å²) in [6.45, 7) is 4.38. The van der Waals surface area contributed by atoms with Gasteiger partial charge in [-0.25, -0.2) is 0 Å². The molecule has 4 heteroatoms. The van der Waals surface area contributed by atoms with Gasteiger partial charge in [0.2, 0.25) is 5.91 Å². The summed E-state index contributed by atoms with van der Waals surface area (Å²) in [5.41, 5.74) is 4.51. The average molecular weight is 169 g/mol. The molecular weight excluding hydrogens is 154 g/mol. The van der Waals surface area contributed by atoms with Crippen LogP contribution in [0.5, 0.6) is 0 Å². The van der Waals surface area contributed by atoms with Crippen molar-refractivity contribution in [2.45, 2.75) is 32.2 Å². The summed E-state index contributed by atoms with van der Waals surface area (Å²) in [6, 6.07) is 0. The van der Waals surface area contributed by atoms with Gasteiger partial charge in [-0.2, -0.15) is 0 Å². The first kappa shape index (κ1) is 9.03. The van der Waals surface area contributed by atoms with Gasteiger partial charge in [-0.15, -0.1) is 0 Å². The predicted octanol–water partition coefficient (Wildman–Crippen LogP) is 0.0322. The quantitative estimate of drug-likeness (QED) is 0.612. The summed E-state index contributed by atoms with van der Waals surface area (Å²) < 4.78 is 0. The second-order valence-electron chi connectivity index (χ2n) is 3.55. The maximum atomic E-state index is 10.9. The minimum Gasteiger partial charge on any atom is -0.368 e. The van der Waals surface area contributed by atoms with Crippen molar-refractivity contribution in [2.24, 2.45) is 10.7 Å². The van der Waals surface area contributed by atoms with Crippen LogP contribution in [0.2, 0.25) is 0 Å². The predicted molar refractivity (Wildman–Crippen MR) is 47.9 cm³/mol. The molecule has 0 aliphatic carbocycles. The van der Waals surface area contributed by atoms with Gasteiger partial charge in [0.1, 0.15) is 5.54 Å². The fraction of sp³-hybridized carbons (Fsp3) is 0.750. The Morgan fingerprint density at radius 2 is 2.33 bits per heavy atom. The van der Waals surface area contributed by atoms with Crippen LogP contribution in [0, 0.1) is 0 Å². The first-order valence-electron chi connectivity index (χ1n) is 4.14. The first-order valence-corrected chi connectivity index (χ1v) is 4.14. The standard InChI is InChI=1S/C8H15N3O/c1-8(2,7(9)12)11-6-4-3-5-10-6/h3-5H2,1-2H3,(H2,9,12)(H,10,11). The minimum absolute atomic E-state index is 0.350. The Kier molecular flexibility index (Phi) is 2.35. The van der Waals surface area contributed by atoms with Gasteiger partial charge in [0.05, 0.1) is 5.84 Å². The highest BCUT2D eigenvalue weighted by Gasteiger charge is 2.26. The Morgan fingerprint density at radius 1 is 1.67 bits per heavy atom. The first-order chi connectivity index (χ1) is 5.52. The third-order valence-electron chi connectivity index (χ3n) is 1.95. The number of hydrogen-bond donors (Lipinski definition) is 2. The van der Waals surface area contributed by atoms with E-state index in [1.165, 1.54) is 0 Å². The molecular formula is C8H15N3O. The second-order valence-corrected chi connectivity index (χ2v) is 3.55. The van der Waals surface area contributed by atoms with E-state index in [2.05, 4.69) is 10.3 Å². The molecule has 0 unspecified atom stereocenters. The van der Waals surface area contributed by atoms with Crippen LogP contribution in [0.4, 0.5) is 0 Å². The van der Waals surface area contributed by atoms with E-state index >= 15 is 0 Å². The molecule has 1 aliphatic heterocycles. The number of rotatable bonds is 2. The van der Waals surface area contributed by atoms with Gasteiger partial charge in [-0.05, 0) is 20.3 Å². The molecule has 0 saturated heterocycles. The van der Waals surface area contributed by atoms with Crippen molar-refractivity contribution >= 4 is 11.7 Å². The lowest BCUT2D eigenvalue weighted by Crippen LogP contribution is -2.52. The normalized spacial score (nSPS) is 17.3. The summed E-state index contributed by atoms with van der Waals surface area (Å²) >= 11 is 0. The number of nitrogens with zero attached hydrogens (tertiary/aromatic N) is 1. The molecule has 1 heterocycles. The van der Waals surface area contributed by atoms with Gasteiger partial charge in [-0.1, -0.05) is 0 Å². The zero-order chi connectivity index (χ0) is 9.19. The van der Waals surface area contributed by atoms with Gasteiger partial charge in [0.15, 0.2) is 0 Å². The van der Waals surface area contributed by atoms with Gasteiger partial charge in [0, 0.05) is 13.0 Å². The van der Waals surface area contributed by atoms with Gasteiger partial charge < -0.3 is 11.1 Å². The molecule has 0 atom stereocenters. The van der Waals surface area contributed by atoms with Crippen LogP contribution in [-0.4, -0.2) is 23.8 Å². The molecule has 0 saturated carbocycles. The van der Waals surface area contributed by atoms with Crippen LogP contribution in [0.15, 0.2) is 4.99 Å². The average Bonchev–Trinajstić information content (AvgIpc) is 2.38. The summed E-state index contributed by atoms with van der Waals surface area (Å²) in [7, 11) is 0. The zero-order valence-corrected chi connectivity index (χ0v) is 7.55. The lowest BCUT2D eigenvalue weighted by Gasteiger charge is -2.23. The van der Waals surface area contributed by atoms with E-state index < -0.39 is 5.54 Å². The molecule has 0 bridgehead atoms. The number of nitrogens with one attached hydrogen (secondary N) is 1. The molecule has 0 fully saturated rings. The summed E-state index contributed by atoms with van der Waals surface area (Å²) in [4.78, 5) is 15.1. The van der Waals surface area contributed by atoms with Crippen LogP contribution in [0.1, 0.15) is 26.7 Å². The van der Waals surface area contributed by atoms with E-state index in [4.69, 9.17) is 5.73 Å². The topological polar surface area (TPSA) is 67.5 Å². The van der Waals surface area contributed by atoms with Crippen molar-refractivity contribution in [3.8, 4) is 0 Å². The molecule has 4 nitrogen and oxygen atoms in total. The molecule has 0 aromatic rings. The van der Waals surface area contributed by atoms with Gasteiger partial charge in [-0.3, -0.25) is 9.79 Å². The maximum Gasteiger partial charge on any atom is 0.242 e. The molecule has 0 spiro atoms. The van der Waals surface area contributed by atoms with E-state index in [9.17, 15) is 4.79 Å². The Balaban J connectivity index is 2.54. The zero-order valence-electron chi connectivity index (χ0n) is 7.55. The van der Waals surface area contributed by atoms with Crippen LogP contribution in [-0.2, 0) is 4.79 Å². The number of primary amides is 1. The number of carbonyl (C=O) groups is 1. The maximum absolute atomic E-state index is 10.9. The molecule has 3 N–H and O–H groups in total. The minimum atomic E-state index is -0.677. The number of carbonyl (C=O) groups excluding carboxylic acids is 1. The smallest absolute Gasteiger partial charge is 0.242 e. The SMILES string of the molecule is CC(C)(NC1=NCCC1)C(N)=O. The van der Waals surface area contributed by atoms with Crippen molar-refractivity contribution in [3.63, 3.8) is 0 Å². The fourth-order valence-electron chi connectivity index (χ4n) is 1.06. The summed E-state index contributed by atoms with van der Waals surface area (Å²) in [5, 5.41) is 3.03. The third-order valence-corrected chi connectivity index (χ3v) is 1.95. The molecule has 0 aromatic carbocycles. The summed E-state index contributed by atoms with van der Waals surface area (Å²) in [5.74, 6) is 0.552. The lowest BCUT2D eigenvalue weighted by molar-refractivity contribution is -0.122. The van der Waals surface area contributed by atoms with Crippen molar-refractivity contribution in [1.82, 2.24) is 5.32 Å². The van der Waals surface area contributed by atoms with Gasteiger partial charge in [0.25, 0.3) is 0 Å². The largest absolute Gasteiger partial charge is 0.368 e. The molecule has 0 aromatic heterocycles. The van der Waals surface area contributed by atoms with Gasteiger partial charge >= 0.3 is 0 Å². The number of amides is 1. The molecule has 68 valence electrons. The highest BCUT2D eigenvalue weighted by atomic mass is 16.1. The second kappa shape index (κ2) is 3.13. The van der Waals surface area contributed by atoms with Crippen molar-refractivity contribution < 1.29 is 4.79 Å². The third kappa shape index (κ3) is 1.96. The highest BCUT2D eigenvalue weighted by molar-refractivity contribution is 5.92. The fourth-order valence-corrected chi connectivity index (χ4v) is 1.06. The van der Waals surface area contributed by atoms with E-state index in [-0.39, 0.29) is 5.91 Å². The van der Waals surface area contributed by atoms with Crippen molar-refractivity contribution in [1.29, 1.82) is 0 Å². The Bertz CT molecular complexity index is 220. The van der Waals surface area contributed by atoms with Crippen molar-refractivity contribution in [3.05, 3.63) is 0 Å². The van der Waals surface area contributed by atoms with E-state index in [0.717, 1.165) is 25.2 Å². The van der Waals surface area contributed by atoms with Crippen LogP contribution in [0.25, 0.3) is 0 Å². The molecule has 0 radical (unpaired) electrons. The summed E-state index contributed by atoms with van der Waals surface area (Å²) in [6.07, 6.45) is 1.99. The molecule has 1 rings (SSSR count). The Hall–Kier alpha value is -1.06. The lowest BCUT2D eigenvalue weighted by atomic mass is 10.1. The molecule has 1 amide bonds. The molecule has 12 heavy (non-hydrogen) atoms. The monoisotopic (exact) mass is 169 g/mol.